The number of hydrogen-bond donors (Lipinski definition) is 1. The van der Waals surface area contributed by atoms with Crippen LogP contribution in [0.4, 0.5) is 0 Å². The summed E-state index contributed by atoms with van der Waals surface area (Å²) in [6, 6.07) is 7.54. The summed E-state index contributed by atoms with van der Waals surface area (Å²) in [5, 5.41) is 0.664. The lowest BCUT2D eigenvalue weighted by Gasteiger charge is -2.35. The van der Waals surface area contributed by atoms with Gasteiger partial charge in [0.2, 0.25) is 10.0 Å². The van der Waals surface area contributed by atoms with E-state index in [1.54, 1.807) is 0 Å². The van der Waals surface area contributed by atoms with Crippen LogP contribution < -0.4 is 4.72 Å². The van der Waals surface area contributed by atoms with Gasteiger partial charge in [-0.25, -0.2) is 13.1 Å². The van der Waals surface area contributed by atoms with Crippen LogP contribution in [0.2, 0.25) is 5.02 Å². The second kappa shape index (κ2) is 8.99. The number of nitrogens with zero attached hydrogens (tertiary/aromatic N) is 1. The van der Waals surface area contributed by atoms with Gasteiger partial charge in [0.1, 0.15) is 0 Å². The number of ether oxygens (including phenoxy) is 1. The van der Waals surface area contributed by atoms with Crippen molar-refractivity contribution < 1.29 is 13.2 Å². The summed E-state index contributed by atoms with van der Waals surface area (Å²) in [7, 11) is -3.25. The van der Waals surface area contributed by atoms with E-state index in [1.165, 1.54) is 0 Å². The van der Waals surface area contributed by atoms with E-state index in [-0.39, 0.29) is 11.8 Å². The van der Waals surface area contributed by atoms with Crippen LogP contribution >= 0.6 is 11.6 Å². The fourth-order valence-corrected chi connectivity index (χ4v) is 4.17. The van der Waals surface area contributed by atoms with Crippen LogP contribution in [0.5, 0.6) is 0 Å². The number of hydrogen-bond acceptors (Lipinski definition) is 4. The highest BCUT2D eigenvalue weighted by molar-refractivity contribution is 7.89. The molecule has 1 atom stereocenters. The van der Waals surface area contributed by atoms with E-state index in [2.05, 4.69) is 9.62 Å². The molecule has 1 fully saturated rings. The third-order valence-electron chi connectivity index (χ3n) is 4.01. The molecule has 2 rings (SSSR count). The lowest BCUT2D eigenvalue weighted by atomic mass is 10.0. The average molecular weight is 361 g/mol. The van der Waals surface area contributed by atoms with Crippen LogP contribution in [0.25, 0.3) is 0 Å². The minimum Gasteiger partial charge on any atom is -0.379 e. The molecular formula is C16H25ClN2O3S. The highest BCUT2D eigenvalue weighted by Gasteiger charge is 2.25. The lowest BCUT2D eigenvalue weighted by Crippen LogP contribution is -2.44. The minimum atomic E-state index is -3.25. The Morgan fingerprint density at radius 2 is 2.00 bits per heavy atom. The first kappa shape index (κ1) is 18.7. The highest BCUT2D eigenvalue weighted by Crippen LogP contribution is 2.27. The average Bonchev–Trinajstić information content (AvgIpc) is 2.56. The maximum Gasteiger partial charge on any atom is 0.211 e. The predicted octanol–water partition coefficient (Wildman–Crippen LogP) is 2.43. The lowest BCUT2D eigenvalue weighted by molar-refractivity contribution is 0.0172. The van der Waals surface area contributed by atoms with Gasteiger partial charge in [-0.05, 0) is 18.1 Å². The molecule has 0 spiro atoms. The highest BCUT2D eigenvalue weighted by atomic mass is 35.5. The van der Waals surface area contributed by atoms with Gasteiger partial charge in [0, 0.05) is 30.7 Å². The van der Waals surface area contributed by atoms with Gasteiger partial charge < -0.3 is 4.74 Å². The molecule has 0 aliphatic carbocycles. The summed E-state index contributed by atoms with van der Waals surface area (Å²) in [4.78, 5) is 2.23. The molecule has 23 heavy (non-hydrogen) atoms. The Hall–Kier alpha value is -0.660. The monoisotopic (exact) mass is 360 g/mol. The molecule has 0 unspecified atom stereocenters. The molecule has 1 aliphatic heterocycles. The van der Waals surface area contributed by atoms with Gasteiger partial charge >= 0.3 is 0 Å². The smallest absolute Gasteiger partial charge is 0.211 e. The predicted molar refractivity (Wildman–Crippen MR) is 93.3 cm³/mol. The van der Waals surface area contributed by atoms with Crippen molar-refractivity contribution in [2.45, 2.75) is 25.8 Å². The molecule has 1 saturated heterocycles. The first-order chi connectivity index (χ1) is 11.0. The molecule has 1 aromatic rings. The van der Waals surface area contributed by atoms with Gasteiger partial charge in [0.15, 0.2) is 0 Å². The van der Waals surface area contributed by atoms with Crippen LogP contribution in [0, 0.1) is 0 Å². The fourth-order valence-electron chi connectivity index (χ4n) is 2.68. The summed E-state index contributed by atoms with van der Waals surface area (Å²) in [6.07, 6.45) is 1.53. The van der Waals surface area contributed by atoms with Crippen molar-refractivity contribution in [3.05, 3.63) is 34.9 Å². The first-order valence-electron chi connectivity index (χ1n) is 8.07. The molecule has 0 saturated carbocycles. The molecular weight excluding hydrogens is 336 g/mol. The van der Waals surface area contributed by atoms with Gasteiger partial charge in [-0.3, -0.25) is 4.90 Å². The van der Waals surface area contributed by atoms with Crippen LogP contribution in [0.15, 0.2) is 24.3 Å². The van der Waals surface area contributed by atoms with Crippen molar-refractivity contribution in [2.75, 3.05) is 38.6 Å². The third kappa shape index (κ3) is 5.72. The summed E-state index contributed by atoms with van der Waals surface area (Å²) in [6.45, 7) is 5.16. The van der Waals surface area contributed by atoms with Crippen molar-refractivity contribution in [3.63, 3.8) is 0 Å². The molecule has 0 bridgehead atoms. The number of sulfonamides is 1. The Morgan fingerprint density at radius 1 is 1.30 bits per heavy atom. The van der Waals surface area contributed by atoms with Crippen molar-refractivity contribution in [3.8, 4) is 0 Å². The SMILES string of the molecule is CCCCS(=O)(=O)NC[C@@H](c1ccccc1Cl)N1CCOCC1. The normalized spacial score (nSPS) is 18.0. The Labute approximate surface area is 144 Å². The van der Waals surface area contributed by atoms with Crippen molar-refractivity contribution in [2.24, 2.45) is 0 Å². The minimum absolute atomic E-state index is 0.0796. The zero-order valence-electron chi connectivity index (χ0n) is 13.5. The van der Waals surface area contributed by atoms with Crippen LogP contribution in [-0.4, -0.2) is 51.9 Å². The van der Waals surface area contributed by atoms with E-state index in [0.29, 0.717) is 31.2 Å². The van der Waals surface area contributed by atoms with Crippen LogP contribution in [0.3, 0.4) is 0 Å². The number of benzene rings is 1. The zero-order valence-corrected chi connectivity index (χ0v) is 15.1. The van der Waals surface area contributed by atoms with E-state index >= 15 is 0 Å². The zero-order chi connectivity index (χ0) is 16.7. The number of morpholine rings is 1. The van der Waals surface area contributed by atoms with Gasteiger partial charge in [-0.15, -0.1) is 0 Å². The van der Waals surface area contributed by atoms with Gasteiger partial charge in [-0.2, -0.15) is 0 Å². The molecule has 1 aliphatic rings. The maximum absolute atomic E-state index is 12.1. The molecule has 5 nitrogen and oxygen atoms in total. The summed E-state index contributed by atoms with van der Waals surface area (Å²) >= 11 is 6.34. The van der Waals surface area contributed by atoms with E-state index in [0.717, 1.165) is 25.1 Å². The quantitative estimate of drug-likeness (QED) is 0.773. The molecule has 0 radical (unpaired) electrons. The van der Waals surface area contributed by atoms with E-state index < -0.39 is 10.0 Å². The topological polar surface area (TPSA) is 58.6 Å². The second-order valence-electron chi connectivity index (χ2n) is 5.71. The number of halogens is 1. The van der Waals surface area contributed by atoms with E-state index in [4.69, 9.17) is 16.3 Å². The number of unbranched alkanes of at least 4 members (excludes halogenated alkanes) is 1. The van der Waals surface area contributed by atoms with Gasteiger partial charge in [0.25, 0.3) is 0 Å². The van der Waals surface area contributed by atoms with Crippen LogP contribution in [-0.2, 0) is 14.8 Å². The largest absolute Gasteiger partial charge is 0.379 e. The molecule has 7 heteroatoms. The summed E-state index contributed by atoms with van der Waals surface area (Å²) in [5.74, 6) is 0.169. The molecule has 1 heterocycles. The first-order valence-corrected chi connectivity index (χ1v) is 10.1. The molecule has 1 N–H and O–H groups in total. The molecule has 0 amide bonds. The fraction of sp³-hybridized carbons (Fsp3) is 0.625. The molecule has 1 aromatic carbocycles. The van der Waals surface area contributed by atoms with Gasteiger partial charge in [0.05, 0.1) is 19.0 Å². The van der Waals surface area contributed by atoms with Crippen molar-refractivity contribution >= 4 is 21.6 Å². The number of rotatable bonds is 8. The Bertz CT molecular complexity index is 589. The summed E-state index contributed by atoms with van der Waals surface area (Å²) < 4.78 is 32.4. The Morgan fingerprint density at radius 3 is 2.65 bits per heavy atom. The Kier molecular flexibility index (Phi) is 7.30. The van der Waals surface area contributed by atoms with Gasteiger partial charge in [-0.1, -0.05) is 43.1 Å². The molecule has 0 aromatic heterocycles. The van der Waals surface area contributed by atoms with E-state index in [1.807, 2.05) is 31.2 Å². The summed E-state index contributed by atoms with van der Waals surface area (Å²) in [5.41, 5.74) is 0.953. The molecule has 130 valence electrons. The second-order valence-corrected chi connectivity index (χ2v) is 8.04. The maximum atomic E-state index is 12.1. The Balaban J connectivity index is 2.12. The van der Waals surface area contributed by atoms with E-state index in [9.17, 15) is 8.42 Å². The van der Waals surface area contributed by atoms with Crippen molar-refractivity contribution in [1.29, 1.82) is 0 Å². The number of nitrogens with one attached hydrogen (secondary N) is 1. The standard InChI is InChI=1S/C16H25ClN2O3S/c1-2-3-12-23(20,21)18-13-16(19-8-10-22-11-9-19)14-6-4-5-7-15(14)17/h4-7,16,18H,2-3,8-13H2,1H3/t16-/m0/s1. The third-order valence-corrected chi connectivity index (χ3v) is 5.79. The van der Waals surface area contributed by atoms with Crippen molar-refractivity contribution in [1.82, 2.24) is 9.62 Å². The van der Waals surface area contributed by atoms with Crippen LogP contribution in [0.1, 0.15) is 31.4 Å².